The maximum Gasteiger partial charge on any atom is 0.251 e. The third-order valence-electron chi connectivity index (χ3n) is 4.64. The lowest BCUT2D eigenvalue weighted by Crippen LogP contribution is -2.36. The summed E-state index contributed by atoms with van der Waals surface area (Å²) >= 11 is 0. The van der Waals surface area contributed by atoms with Crippen LogP contribution < -0.4 is 10.0 Å². The highest BCUT2D eigenvalue weighted by molar-refractivity contribution is 7.89. The minimum atomic E-state index is -3.57. The van der Waals surface area contributed by atoms with E-state index in [1.54, 1.807) is 0 Å². The molecule has 146 valence electrons. The average Bonchev–Trinajstić information content (AvgIpc) is 2.66. The van der Waals surface area contributed by atoms with Gasteiger partial charge in [0.05, 0.1) is 4.90 Å². The van der Waals surface area contributed by atoms with Gasteiger partial charge >= 0.3 is 0 Å². The van der Waals surface area contributed by atoms with Gasteiger partial charge in [-0.1, -0.05) is 51.1 Å². The van der Waals surface area contributed by atoms with Crippen LogP contribution >= 0.6 is 0 Å². The van der Waals surface area contributed by atoms with Crippen molar-refractivity contribution in [2.24, 2.45) is 0 Å². The van der Waals surface area contributed by atoms with E-state index in [4.69, 9.17) is 0 Å². The maximum atomic E-state index is 12.4. The number of benzene rings is 2. The summed E-state index contributed by atoms with van der Waals surface area (Å²) in [6.07, 6.45) is 0.705. The Morgan fingerprint density at radius 1 is 1.04 bits per heavy atom. The van der Waals surface area contributed by atoms with Crippen LogP contribution in [0.5, 0.6) is 0 Å². The van der Waals surface area contributed by atoms with Crippen LogP contribution in [0.2, 0.25) is 0 Å². The number of rotatable bonds is 8. The Morgan fingerprint density at radius 3 is 2.19 bits per heavy atom. The molecule has 5 nitrogen and oxygen atoms in total. The van der Waals surface area contributed by atoms with Crippen molar-refractivity contribution in [3.05, 3.63) is 65.7 Å². The van der Waals surface area contributed by atoms with E-state index in [0.29, 0.717) is 18.5 Å². The number of hydrogen-bond acceptors (Lipinski definition) is 3. The zero-order valence-corrected chi connectivity index (χ0v) is 17.1. The second kappa shape index (κ2) is 8.67. The minimum Gasteiger partial charge on any atom is -0.351 e. The van der Waals surface area contributed by atoms with Gasteiger partial charge in [0.25, 0.3) is 5.91 Å². The summed E-state index contributed by atoms with van der Waals surface area (Å²) in [7, 11) is -3.57. The highest BCUT2D eigenvalue weighted by Gasteiger charge is 2.22. The van der Waals surface area contributed by atoms with Gasteiger partial charge in [-0.15, -0.1) is 0 Å². The van der Waals surface area contributed by atoms with Crippen LogP contribution in [0.1, 0.15) is 50.0 Å². The number of hydrogen-bond donors (Lipinski definition) is 2. The summed E-state index contributed by atoms with van der Waals surface area (Å²) in [4.78, 5) is 12.6. The number of carbonyl (C=O) groups is 1. The van der Waals surface area contributed by atoms with E-state index in [2.05, 4.69) is 23.9 Å². The Hall–Kier alpha value is -2.18. The van der Waals surface area contributed by atoms with E-state index in [0.717, 1.165) is 5.56 Å². The first kappa shape index (κ1) is 21.1. The van der Waals surface area contributed by atoms with Gasteiger partial charge < -0.3 is 5.32 Å². The molecule has 0 fully saturated rings. The molecule has 0 aliphatic carbocycles. The van der Waals surface area contributed by atoms with Crippen molar-refractivity contribution in [3.63, 3.8) is 0 Å². The predicted octanol–water partition coefficient (Wildman–Crippen LogP) is 3.47. The normalized spacial score (nSPS) is 13.2. The third-order valence-corrected chi connectivity index (χ3v) is 6.25. The highest BCUT2D eigenvalue weighted by Crippen LogP contribution is 2.22. The van der Waals surface area contributed by atoms with Gasteiger partial charge in [-0.2, -0.15) is 0 Å². The van der Waals surface area contributed by atoms with Crippen LogP contribution in [0.4, 0.5) is 0 Å². The molecule has 2 rings (SSSR count). The van der Waals surface area contributed by atoms with Crippen LogP contribution in [0, 0.1) is 0 Å². The lowest BCUT2D eigenvalue weighted by atomic mass is 9.84. The SMILES string of the molecule is CCC(C)NS(=O)(=O)c1ccc(C(=O)NCC(C)(C)c2ccccc2)cc1. The largest absolute Gasteiger partial charge is 0.351 e. The first-order valence-electron chi connectivity index (χ1n) is 9.12. The van der Waals surface area contributed by atoms with Gasteiger partial charge in [0.2, 0.25) is 10.0 Å². The fraction of sp³-hybridized carbons (Fsp3) is 0.381. The molecular weight excluding hydrogens is 360 g/mol. The minimum absolute atomic E-state index is 0.141. The molecule has 1 unspecified atom stereocenters. The average molecular weight is 389 g/mol. The van der Waals surface area contributed by atoms with Gasteiger partial charge in [-0.25, -0.2) is 13.1 Å². The number of sulfonamides is 1. The molecule has 0 spiro atoms. The Labute approximate surface area is 162 Å². The second-order valence-electron chi connectivity index (χ2n) is 7.39. The lowest BCUT2D eigenvalue weighted by molar-refractivity contribution is 0.0945. The Morgan fingerprint density at radius 2 is 1.63 bits per heavy atom. The summed E-state index contributed by atoms with van der Waals surface area (Å²) < 4.78 is 27.2. The lowest BCUT2D eigenvalue weighted by Gasteiger charge is -2.25. The fourth-order valence-electron chi connectivity index (χ4n) is 2.60. The molecule has 1 amide bonds. The second-order valence-corrected chi connectivity index (χ2v) is 9.10. The van der Waals surface area contributed by atoms with Crippen LogP contribution in [0.25, 0.3) is 0 Å². The molecule has 0 aliphatic rings. The molecule has 2 N–H and O–H groups in total. The monoisotopic (exact) mass is 388 g/mol. The molecular formula is C21H28N2O3S. The van der Waals surface area contributed by atoms with Crippen LogP contribution in [-0.4, -0.2) is 26.9 Å². The maximum absolute atomic E-state index is 12.4. The van der Waals surface area contributed by atoms with E-state index in [-0.39, 0.29) is 22.3 Å². The first-order chi connectivity index (χ1) is 12.7. The molecule has 0 saturated heterocycles. The molecule has 0 heterocycles. The van der Waals surface area contributed by atoms with Crippen molar-refractivity contribution < 1.29 is 13.2 Å². The molecule has 0 saturated carbocycles. The molecule has 0 aromatic heterocycles. The van der Waals surface area contributed by atoms with Gasteiger partial charge in [-0.05, 0) is 43.2 Å². The van der Waals surface area contributed by atoms with Crippen LogP contribution in [-0.2, 0) is 15.4 Å². The predicted molar refractivity (Wildman–Crippen MR) is 108 cm³/mol. The first-order valence-corrected chi connectivity index (χ1v) is 10.6. The Bertz CT molecular complexity index is 860. The number of nitrogens with one attached hydrogen (secondary N) is 2. The van der Waals surface area contributed by atoms with Crippen molar-refractivity contribution in [1.82, 2.24) is 10.0 Å². The quantitative estimate of drug-likeness (QED) is 0.727. The van der Waals surface area contributed by atoms with Crippen molar-refractivity contribution in [3.8, 4) is 0 Å². The summed E-state index contributed by atoms with van der Waals surface area (Å²) in [5.74, 6) is -0.224. The molecule has 0 bridgehead atoms. The Balaban J connectivity index is 2.03. The van der Waals surface area contributed by atoms with E-state index in [1.165, 1.54) is 24.3 Å². The van der Waals surface area contributed by atoms with Gasteiger partial charge in [-0.3, -0.25) is 4.79 Å². The number of carbonyl (C=O) groups excluding carboxylic acids is 1. The highest BCUT2D eigenvalue weighted by atomic mass is 32.2. The molecule has 0 radical (unpaired) electrons. The van der Waals surface area contributed by atoms with Gasteiger partial charge in [0.1, 0.15) is 0 Å². The molecule has 27 heavy (non-hydrogen) atoms. The molecule has 6 heteroatoms. The summed E-state index contributed by atoms with van der Waals surface area (Å²) in [6, 6.07) is 15.8. The zero-order valence-electron chi connectivity index (χ0n) is 16.3. The molecule has 1 atom stereocenters. The van der Waals surface area contributed by atoms with E-state index >= 15 is 0 Å². The summed E-state index contributed by atoms with van der Waals surface area (Å²) in [5.41, 5.74) is 1.37. The molecule has 0 aliphatic heterocycles. The number of amides is 1. The van der Waals surface area contributed by atoms with Crippen molar-refractivity contribution in [2.75, 3.05) is 6.54 Å². The third kappa shape index (κ3) is 5.65. The fourth-order valence-corrected chi connectivity index (χ4v) is 3.92. The standard InChI is InChI=1S/C21H28N2O3S/c1-5-16(2)23-27(25,26)19-13-11-17(12-14-19)20(24)22-15-21(3,4)18-9-7-6-8-10-18/h6-14,16,23H,5,15H2,1-4H3,(H,22,24). The Kier molecular flexibility index (Phi) is 6.78. The van der Waals surface area contributed by atoms with Gasteiger partial charge in [0, 0.05) is 23.6 Å². The van der Waals surface area contributed by atoms with E-state index in [9.17, 15) is 13.2 Å². The zero-order chi connectivity index (χ0) is 20.1. The molecule has 2 aromatic rings. The van der Waals surface area contributed by atoms with Gasteiger partial charge in [0.15, 0.2) is 0 Å². The smallest absolute Gasteiger partial charge is 0.251 e. The summed E-state index contributed by atoms with van der Waals surface area (Å²) in [5, 5.41) is 2.93. The van der Waals surface area contributed by atoms with E-state index < -0.39 is 10.0 Å². The van der Waals surface area contributed by atoms with Crippen LogP contribution in [0.3, 0.4) is 0 Å². The van der Waals surface area contributed by atoms with Crippen molar-refractivity contribution in [1.29, 1.82) is 0 Å². The van der Waals surface area contributed by atoms with E-state index in [1.807, 2.05) is 44.2 Å². The molecule has 2 aromatic carbocycles. The van der Waals surface area contributed by atoms with Crippen LogP contribution in [0.15, 0.2) is 59.5 Å². The van der Waals surface area contributed by atoms with Crippen molar-refractivity contribution in [2.45, 2.75) is 50.5 Å². The topological polar surface area (TPSA) is 75.3 Å². The van der Waals surface area contributed by atoms with Crippen molar-refractivity contribution >= 4 is 15.9 Å². The summed E-state index contributed by atoms with van der Waals surface area (Å²) in [6.45, 7) is 8.34.